The Morgan fingerprint density at radius 2 is 1.20 bits per heavy atom. The van der Waals surface area contributed by atoms with Crippen molar-refractivity contribution in [3.8, 4) is 11.5 Å². The number of hydrogen-bond acceptors (Lipinski definition) is 2. The van der Waals surface area contributed by atoms with Gasteiger partial charge in [0, 0.05) is 65.8 Å². The van der Waals surface area contributed by atoms with Crippen LogP contribution in [-0.2, 0) is 23.7 Å². The summed E-state index contributed by atoms with van der Waals surface area (Å²) in [5, 5.41) is 2.64. The van der Waals surface area contributed by atoms with Crippen LogP contribution in [0, 0.1) is 0 Å². The number of hydrogen-bond donors (Lipinski definition) is 2. The molecule has 2 aliphatic rings. The highest BCUT2D eigenvalue weighted by Gasteiger charge is 2.37. The SMILES string of the molecule is COc1ccc2c(c1)C(C)(C)c1[nH]c3cc(Br)ccc3c1C2.COc1ccc2c(c1)C(C)(C)c1[nH]c3cccc(Br)c3c1C2. The number of methoxy groups -OCH3 is 2. The lowest BCUT2D eigenvalue weighted by molar-refractivity contribution is 0.412. The van der Waals surface area contributed by atoms with Gasteiger partial charge in [0.1, 0.15) is 11.5 Å². The molecule has 0 saturated heterocycles. The van der Waals surface area contributed by atoms with Crippen LogP contribution in [0.3, 0.4) is 0 Å². The first-order valence-corrected chi connectivity index (χ1v) is 16.6. The van der Waals surface area contributed by atoms with Crippen LogP contribution >= 0.6 is 31.9 Å². The molecule has 224 valence electrons. The molecule has 2 heterocycles. The molecule has 2 N–H and O–H groups in total. The molecule has 0 fully saturated rings. The van der Waals surface area contributed by atoms with Gasteiger partial charge >= 0.3 is 0 Å². The van der Waals surface area contributed by atoms with E-state index in [9.17, 15) is 0 Å². The highest BCUT2D eigenvalue weighted by atomic mass is 79.9. The van der Waals surface area contributed by atoms with Crippen LogP contribution in [0.2, 0.25) is 0 Å². The zero-order chi connectivity index (χ0) is 31.0. The number of aromatic amines is 2. The zero-order valence-corrected chi connectivity index (χ0v) is 29.1. The van der Waals surface area contributed by atoms with E-state index in [-0.39, 0.29) is 10.8 Å². The molecular weight excluding hydrogens is 676 g/mol. The standard InChI is InChI=1S/2C19H18BrNO/c1-19(2)16-10-13(22-3)6-4-11(16)8-15-14-7-5-12(20)9-17(14)21-18(15)19;1-19(2)14-10-12(22-3)8-7-11(14)9-13-17-15(20)5-4-6-16(17)21-18(13)19/h4-7,9-10,21H,8H2,1-3H3;4-8,10,21H,9H2,1-3H3. The fraction of sp³-hybridized carbons (Fsp3) is 0.263. The topological polar surface area (TPSA) is 50.0 Å². The summed E-state index contributed by atoms with van der Waals surface area (Å²) >= 11 is 7.28. The molecule has 0 spiro atoms. The Hall–Kier alpha value is -3.48. The monoisotopic (exact) mass is 710 g/mol. The molecule has 2 aliphatic carbocycles. The first-order valence-electron chi connectivity index (χ1n) is 15.0. The average Bonchev–Trinajstić information content (AvgIpc) is 3.57. The summed E-state index contributed by atoms with van der Waals surface area (Å²) in [6.07, 6.45) is 1.93. The van der Waals surface area contributed by atoms with Gasteiger partial charge in [0.15, 0.2) is 0 Å². The van der Waals surface area contributed by atoms with Gasteiger partial charge in [0.05, 0.1) is 14.2 Å². The van der Waals surface area contributed by atoms with E-state index in [0.717, 1.165) is 33.3 Å². The molecule has 0 aliphatic heterocycles. The van der Waals surface area contributed by atoms with Crippen LogP contribution in [0.25, 0.3) is 21.8 Å². The van der Waals surface area contributed by atoms with Gasteiger partial charge in [-0.3, -0.25) is 0 Å². The van der Waals surface area contributed by atoms with Gasteiger partial charge in [-0.2, -0.15) is 0 Å². The Kier molecular flexibility index (Phi) is 7.02. The smallest absolute Gasteiger partial charge is 0.119 e. The lowest BCUT2D eigenvalue weighted by atomic mass is 9.72. The van der Waals surface area contributed by atoms with E-state index in [0.29, 0.717) is 0 Å². The van der Waals surface area contributed by atoms with Crippen molar-refractivity contribution in [2.45, 2.75) is 51.4 Å². The fourth-order valence-electron chi connectivity index (χ4n) is 7.41. The van der Waals surface area contributed by atoms with Crippen molar-refractivity contribution in [2.24, 2.45) is 0 Å². The van der Waals surface area contributed by atoms with Crippen LogP contribution in [0.5, 0.6) is 11.5 Å². The molecule has 0 amide bonds. The molecule has 0 atom stereocenters. The minimum Gasteiger partial charge on any atom is -0.497 e. The van der Waals surface area contributed by atoms with Crippen LogP contribution in [0.4, 0.5) is 0 Å². The first kappa shape index (κ1) is 29.2. The molecule has 4 nitrogen and oxygen atoms in total. The third-order valence-electron chi connectivity index (χ3n) is 9.71. The van der Waals surface area contributed by atoms with E-state index in [4.69, 9.17) is 9.47 Å². The third-order valence-corrected chi connectivity index (χ3v) is 10.9. The Bertz CT molecular complexity index is 2080. The largest absolute Gasteiger partial charge is 0.497 e. The number of aromatic nitrogens is 2. The highest BCUT2D eigenvalue weighted by molar-refractivity contribution is 9.11. The molecular formula is C38H36Br2N2O2. The Balaban J connectivity index is 0.000000142. The van der Waals surface area contributed by atoms with Crippen LogP contribution in [-0.4, -0.2) is 24.2 Å². The van der Waals surface area contributed by atoms with Crippen molar-refractivity contribution in [3.63, 3.8) is 0 Å². The highest BCUT2D eigenvalue weighted by Crippen LogP contribution is 2.47. The number of rotatable bonds is 2. The summed E-state index contributed by atoms with van der Waals surface area (Å²) in [5.41, 5.74) is 13.2. The maximum Gasteiger partial charge on any atom is 0.119 e. The van der Waals surface area contributed by atoms with Crippen LogP contribution < -0.4 is 9.47 Å². The Morgan fingerprint density at radius 1 is 0.636 bits per heavy atom. The van der Waals surface area contributed by atoms with E-state index in [2.05, 4.69) is 142 Å². The number of nitrogens with one attached hydrogen (secondary N) is 2. The van der Waals surface area contributed by atoms with E-state index in [1.165, 1.54) is 66.6 Å². The second-order valence-electron chi connectivity index (χ2n) is 13.0. The summed E-state index contributed by atoms with van der Waals surface area (Å²) in [6, 6.07) is 25.7. The quantitative estimate of drug-likeness (QED) is 0.188. The second kappa shape index (κ2) is 10.6. The zero-order valence-electron chi connectivity index (χ0n) is 25.9. The summed E-state index contributed by atoms with van der Waals surface area (Å²) in [6.45, 7) is 9.14. The molecule has 0 saturated carbocycles. The second-order valence-corrected chi connectivity index (χ2v) is 14.7. The van der Waals surface area contributed by atoms with Gasteiger partial charge in [0.2, 0.25) is 0 Å². The number of H-pyrrole nitrogens is 2. The normalized spacial score (nSPS) is 15.5. The van der Waals surface area contributed by atoms with Gasteiger partial charge in [-0.15, -0.1) is 0 Å². The first-order chi connectivity index (χ1) is 21.0. The maximum absolute atomic E-state index is 5.42. The van der Waals surface area contributed by atoms with Crippen molar-refractivity contribution in [1.29, 1.82) is 0 Å². The average molecular weight is 713 g/mol. The van der Waals surface area contributed by atoms with Gasteiger partial charge in [-0.1, -0.05) is 83.8 Å². The number of fused-ring (bicyclic) bond motifs is 8. The van der Waals surface area contributed by atoms with Gasteiger partial charge < -0.3 is 19.4 Å². The van der Waals surface area contributed by atoms with Gasteiger partial charge in [0.25, 0.3) is 0 Å². The minimum atomic E-state index is -0.0596. The van der Waals surface area contributed by atoms with Crippen molar-refractivity contribution in [1.82, 2.24) is 9.97 Å². The maximum atomic E-state index is 5.42. The lowest BCUT2D eigenvalue weighted by Crippen LogP contribution is -2.27. The summed E-state index contributed by atoms with van der Waals surface area (Å²) in [4.78, 5) is 7.31. The molecule has 6 aromatic rings. The fourth-order valence-corrected chi connectivity index (χ4v) is 8.38. The molecule has 6 heteroatoms. The van der Waals surface area contributed by atoms with Crippen LogP contribution in [0.1, 0.15) is 72.5 Å². The minimum absolute atomic E-state index is 0.0526. The van der Waals surface area contributed by atoms with Crippen molar-refractivity contribution < 1.29 is 9.47 Å². The van der Waals surface area contributed by atoms with E-state index < -0.39 is 0 Å². The molecule has 44 heavy (non-hydrogen) atoms. The molecule has 2 aromatic heterocycles. The van der Waals surface area contributed by atoms with Crippen LogP contribution in [0.15, 0.2) is 81.7 Å². The number of benzene rings is 4. The molecule has 0 unspecified atom stereocenters. The van der Waals surface area contributed by atoms with E-state index in [1.54, 1.807) is 14.2 Å². The van der Waals surface area contributed by atoms with Crippen molar-refractivity contribution >= 4 is 53.7 Å². The molecule has 0 bridgehead atoms. The Morgan fingerprint density at radius 3 is 1.82 bits per heavy atom. The number of halogens is 2. The van der Waals surface area contributed by atoms with Crippen molar-refractivity contribution in [3.05, 3.63) is 127 Å². The summed E-state index contributed by atoms with van der Waals surface area (Å²) in [7, 11) is 3.45. The summed E-state index contributed by atoms with van der Waals surface area (Å²) in [5.74, 6) is 1.85. The van der Waals surface area contributed by atoms with E-state index >= 15 is 0 Å². The molecule has 8 rings (SSSR count). The van der Waals surface area contributed by atoms with Gasteiger partial charge in [-0.05, 0) is 81.9 Å². The molecule has 0 radical (unpaired) electrons. The predicted molar refractivity (Wildman–Crippen MR) is 188 cm³/mol. The molecule has 4 aromatic carbocycles. The third kappa shape index (κ3) is 4.52. The van der Waals surface area contributed by atoms with E-state index in [1.807, 2.05) is 0 Å². The predicted octanol–water partition coefficient (Wildman–Crippen LogP) is 10.3. The van der Waals surface area contributed by atoms with Crippen molar-refractivity contribution in [2.75, 3.05) is 14.2 Å². The number of ether oxygens (including phenoxy) is 2. The Labute approximate surface area is 275 Å². The van der Waals surface area contributed by atoms with Gasteiger partial charge in [-0.25, -0.2) is 0 Å². The summed E-state index contributed by atoms with van der Waals surface area (Å²) < 4.78 is 13.1. The lowest BCUT2D eigenvalue weighted by Gasteiger charge is -2.33.